The zero-order valence-electron chi connectivity index (χ0n) is 14.2. The van der Waals surface area contributed by atoms with Crippen molar-refractivity contribution in [3.63, 3.8) is 0 Å². The van der Waals surface area contributed by atoms with E-state index in [9.17, 15) is 4.79 Å². The second-order valence-electron chi connectivity index (χ2n) is 5.46. The fraction of sp³-hybridized carbons (Fsp3) is 0.263. The Morgan fingerprint density at radius 2 is 1.80 bits per heavy atom. The molecule has 5 nitrogen and oxygen atoms in total. The van der Waals surface area contributed by atoms with Crippen LogP contribution in [-0.2, 0) is 22.6 Å². The Morgan fingerprint density at radius 1 is 1.08 bits per heavy atom. The fourth-order valence-corrected chi connectivity index (χ4v) is 3.33. The number of carbonyl (C=O) groups excluding carboxylic acids is 1. The maximum absolute atomic E-state index is 12.0. The number of benzene rings is 2. The molecule has 3 aromatic rings. The molecule has 0 saturated heterocycles. The lowest BCUT2D eigenvalue weighted by atomic mass is 10.1. The highest BCUT2D eigenvalue weighted by molar-refractivity contribution is 7.18. The van der Waals surface area contributed by atoms with Gasteiger partial charge in [-0.2, -0.15) is 0 Å². The Labute approximate surface area is 150 Å². The van der Waals surface area contributed by atoms with Gasteiger partial charge in [-0.25, -0.2) is 4.98 Å². The van der Waals surface area contributed by atoms with E-state index in [1.165, 1.54) is 0 Å². The van der Waals surface area contributed by atoms with Gasteiger partial charge in [0.15, 0.2) is 0 Å². The van der Waals surface area contributed by atoms with E-state index in [4.69, 9.17) is 14.2 Å². The van der Waals surface area contributed by atoms with Crippen molar-refractivity contribution in [3.8, 4) is 11.5 Å². The summed E-state index contributed by atoms with van der Waals surface area (Å²) in [7, 11) is 3.20. The molecule has 130 valence electrons. The summed E-state index contributed by atoms with van der Waals surface area (Å²) >= 11 is 1.54. The van der Waals surface area contributed by atoms with Gasteiger partial charge in [-0.3, -0.25) is 4.79 Å². The number of aromatic nitrogens is 1. The van der Waals surface area contributed by atoms with Crippen molar-refractivity contribution in [2.75, 3.05) is 14.2 Å². The lowest BCUT2D eigenvalue weighted by molar-refractivity contribution is -0.144. The van der Waals surface area contributed by atoms with Crippen molar-refractivity contribution in [1.82, 2.24) is 4.98 Å². The molecule has 0 N–H and O–H groups in total. The quantitative estimate of drug-likeness (QED) is 0.599. The molecule has 0 aliphatic carbocycles. The number of esters is 1. The van der Waals surface area contributed by atoms with Crippen LogP contribution in [0.3, 0.4) is 0 Å². The number of fused-ring (bicyclic) bond motifs is 1. The van der Waals surface area contributed by atoms with Gasteiger partial charge in [-0.05, 0) is 36.2 Å². The van der Waals surface area contributed by atoms with Gasteiger partial charge >= 0.3 is 5.97 Å². The zero-order valence-corrected chi connectivity index (χ0v) is 15.0. The van der Waals surface area contributed by atoms with Crippen molar-refractivity contribution in [2.45, 2.75) is 19.4 Å². The van der Waals surface area contributed by atoms with Gasteiger partial charge in [0.05, 0.1) is 24.4 Å². The summed E-state index contributed by atoms with van der Waals surface area (Å²) in [6.07, 6.45) is 0.855. The summed E-state index contributed by atoms with van der Waals surface area (Å²) in [6, 6.07) is 13.5. The van der Waals surface area contributed by atoms with Crippen molar-refractivity contribution < 1.29 is 19.0 Å². The molecule has 0 unspecified atom stereocenters. The van der Waals surface area contributed by atoms with Crippen molar-refractivity contribution in [1.29, 1.82) is 0 Å². The van der Waals surface area contributed by atoms with E-state index in [1.54, 1.807) is 31.6 Å². The Hall–Kier alpha value is -2.60. The fourth-order valence-electron chi connectivity index (χ4n) is 2.45. The molecule has 0 aliphatic heterocycles. The zero-order chi connectivity index (χ0) is 17.6. The summed E-state index contributed by atoms with van der Waals surface area (Å²) in [5.74, 6) is 1.16. The molecule has 2 aromatic carbocycles. The van der Waals surface area contributed by atoms with E-state index in [-0.39, 0.29) is 12.6 Å². The van der Waals surface area contributed by atoms with Gasteiger partial charge in [0.1, 0.15) is 23.1 Å². The Kier molecular flexibility index (Phi) is 5.50. The van der Waals surface area contributed by atoms with E-state index in [0.717, 1.165) is 20.8 Å². The highest BCUT2D eigenvalue weighted by Crippen LogP contribution is 2.24. The standard InChI is InChI=1S/C19H19NO4S/c1-22-14-9-13(10-15(11-14)23-2)7-8-19(21)24-12-18-20-16-5-3-4-6-17(16)25-18/h3-6,9-11H,7-8,12H2,1-2H3. The number of carbonyl (C=O) groups is 1. The van der Waals surface area contributed by atoms with Gasteiger partial charge < -0.3 is 14.2 Å². The molecule has 0 spiro atoms. The molecule has 1 aromatic heterocycles. The number of ether oxygens (including phenoxy) is 3. The summed E-state index contributed by atoms with van der Waals surface area (Å²) < 4.78 is 16.9. The molecule has 0 bridgehead atoms. The van der Waals surface area contributed by atoms with Gasteiger partial charge in [-0.15, -0.1) is 11.3 Å². The van der Waals surface area contributed by atoms with E-state index < -0.39 is 0 Å². The maximum Gasteiger partial charge on any atom is 0.306 e. The number of hydrogen-bond donors (Lipinski definition) is 0. The maximum atomic E-state index is 12.0. The number of hydrogen-bond acceptors (Lipinski definition) is 6. The van der Waals surface area contributed by atoms with Crippen LogP contribution in [-0.4, -0.2) is 25.2 Å². The molecule has 1 heterocycles. The Morgan fingerprint density at radius 3 is 2.48 bits per heavy atom. The van der Waals surface area contributed by atoms with Gasteiger partial charge in [0.2, 0.25) is 0 Å². The molecular formula is C19H19NO4S. The summed E-state index contributed by atoms with van der Waals surface area (Å²) in [5, 5.41) is 0.803. The van der Waals surface area contributed by atoms with Gasteiger partial charge in [-0.1, -0.05) is 12.1 Å². The number of aryl methyl sites for hydroxylation is 1. The molecule has 6 heteroatoms. The minimum atomic E-state index is -0.249. The van der Waals surface area contributed by atoms with Crippen LogP contribution in [0.1, 0.15) is 17.0 Å². The highest BCUT2D eigenvalue weighted by Gasteiger charge is 2.09. The van der Waals surface area contributed by atoms with E-state index in [2.05, 4.69) is 4.98 Å². The largest absolute Gasteiger partial charge is 0.497 e. The lowest BCUT2D eigenvalue weighted by Crippen LogP contribution is -2.06. The second-order valence-corrected chi connectivity index (χ2v) is 6.57. The first-order chi connectivity index (χ1) is 12.2. The first-order valence-corrected chi connectivity index (χ1v) is 8.71. The van der Waals surface area contributed by atoms with Gasteiger partial charge in [0, 0.05) is 12.5 Å². The molecule has 0 amide bonds. The third kappa shape index (κ3) is 4.48. The van der Waals surface area contributed by atoms with Crippen LogP contribution in [0.5, 0.6) is 11.5 Å². The van der Waals surface area contributed by atoms with Crippen LogP contribution in [0.4, 0.5) is 0 Å². The molecule has 0 atom stereocenters. The average Bonchev–Trinajstić information content (AvgIpc) is 3.07. The predicted octanol–water partition coefficient (Wildman–Crippen LogP) is 3.99. The van der Waals surface area contributed by atoms with Crippen LogP contribution >= 0.6 is 11.3 Å². The summed E-state index contributed by atoms with van der Waals surface area (Å²) in [4.78, 5) is 16.5. The average molecular weight is 357 g/mol. The highest BCUT2D eigenvalue weighted by atomic mass is 32.1. The molecule has 0 radical (unpaired) electrons. The summed E-state index contributed by atoms with van der Waals surface area (Å²) in [6.45, 7) is 0.208. The van der Waals surface area contributed by atoms with Crippen LogP contribution in [0.2, 0.25) is 0 Å². The van der Waals surface area contributed by atoms with Crippen LogP contribution < -0.4 is 9.47 Å². The molecular weight excluding hydrogens is 338 g/mol. The number of para-hydroxylation sites is 1. The number of thiazole rings is 1. The van der Waals surface area contributed by atoms with Crippen LogP contribution in [0, 0.1) is 0 Å². The monoisotopic (exact) mass is 357 g/mol. The molecule has 0 fully saturated rings. The first-order valence-electron chi connectivity index (χ1n) is 7.90. The van der Waals surface area contributed by atoms with Crippen molar-refractivity contribution >= 4 is 27.5 Å². The third-order valence-electron chi connectivity index (χ3n) is 3.72. The topological polar surface area (TPSA) is 57.7 Å². The van der Waals surface area contributed by atoms with Crippen LogP contribution in [0.25, 0.3) is 10.2 Å². The normalized spacial score (nSPS) is 10.6. The van der Waals surface area contributed by atoms with E-state index in [0.29, 0.717) is 24.3 Å². The van der Waals surface area contributed by atoms with Crippen molar-refractivity contribution in [2.24, 2.45) is 0 Å². The molecule has 0 aliphatic rings. The number of nitrogens with zero attached hydrogens (tertiary/aromatic N) is 1. The van der Waals surface area contributed by atoms with Crippen LogP contribution in [0.15, 0.2) is 42.5 Å². The SMILES string of the molecule is COc1cc(CCC(=O)OCc2nc3ccccc3s2)cc(OC)c1. The minimum Gasteiger partial charge on any atom is -0.497 e. The van der Waals surface area contributed by atoms with Crippen molar-refractivity contribution in [3.05, 3.63) is 53.0 Å². The first kappa shape index (κ1) is 17.2. The Balaban J connectivity index is 1.54. The minimum absolute atomic E-state index is 0.208. The lowest BCUT2D eigenvalue weighted by Gasteiger charge is -2.08. The number of methoxy groups -OCH3 is 2. The van der Waals surface area contributed by atoms with E-state index in [1.807, 2.05) is 36.4 Å². The Bertz CT molecular complexity index is 819. The molecule has 0 saturated carbocycles. The number of rotatable bonds is 7. The second kappa shape index (κ2) is 7.98. The molecule has 3 rings (SSSR count). The smallest absolute Gasteiger partial charge is 0.306 e. The van der Waals surface area contributed by atoms with E-state index >= 15 is 0 Å². The third-order valence-corrected chi connectivity index (χ3v) is 4.73. The predicted molar refractivity (Wildman–Crippen MR) is 97.3 cm³/mol. The summed E-state index contributed by atoms with van der Waals surface area (Å²) in [5.41, 5.74) is 1.90. The van der Waals surface area contributed by atoms with Gasteiger partial charge in [0.25, 0.3) is 0 Å². The molecule has 25 heavy (non-hydrogen) atoms.